The van der Waals surface area contributed by atoms with Gasteiger partial charge in [-0.2, -0.15) is 5.10 Å². The van der Waals surface area contributed by atoms with Gasteiger partial charge in [0.05, 0.1) is 17.0 Å². The number of halogens is 2. The Morgan fingerprint density at radius 1 is 1.22 bits per heavy atom. The van der Waals surface area contributed by atoms with E-state index in [1.165, 1.54) is 17.3 Å². The maximum Gasteiger partial charge on any atom is 0.250 e. The number of rotatable bonds is 6. The summed E-state index contributed by atoms with van der Waals surface area (Å²) < 4.78 is 0. The lowest BCUT2D eigenvalue weighted by atomic mass is 10.2. The first-order valence-electron chi connectivity index (χ1n) is 6.95. The molecule has 2 rings (SSSR count). The van der Waals surface area contributed by atoms with E-state index >= 15 is 0 Å². The predicted octanol–water partition coefficient (Wildman–Crippen LogP) is 4.69. The lowest BCUT2D eigenvalue weighted by molar-refractivity contribution is -0.118. The van der Waals surface area contributed by atoms with Gasteiger partial charge in [0.25, 0.3) is 0 Å². The smallest absolute Gasteiger partial charge is 0.250 e. The van der Waals surface area contributed by atoms with Crippen molar-refractivity contribution in [3.8, 4) is 0 Å². The Hall–Kier alpha value is -1.49. The number of aryl methyl sites for hydroxylation is 1. The van der Waals surface area contributed by atoms with Gasteiger partial charge < -0.3 is 0 Å². The average molecular weight is 367 g/mol. The van der Waals surface area contributed by atoms with Crippen molar-refractivity contribution in [3.63, 3.8) is 0 Å². The van der Waals surface area contributed by atoms with E-state index in [0.717, 1.165) is 5.75 Å². The van der Waals surface area contributed by atoms with Crippen molar-refractivity contribution in [1.29, 1.82) is 0 Å². The van der Waals surface area contributed by atoms with Crippen LogP contribution in [-0.4, -0.2) is 17.9 Å². The third-order valence-corrected chi connectivity index (χ3v) is 4.54. The second-order valence-electron chi connectivity index (χ2n) is 4.94. The van der Waals surface area contributed by atoms with Crippen molar-refractivity contribution in [3.05, 3.63) is 69.2 Å². The highest BCUT2D eigenvalue weighted by molar-refractivity contribution is 7.99. The Balaban J connectivity index is 1.74. The highest BCUT2D eigenvalue weighted by Gasteiger charge is 2.02. The second kappa shape index (κ2) is 8.96. The molecule has 0 unspecified atom stereocenters. The van der Waals surface area contributed by atoms with Gasteiger partial charge in [-0.15, -0.1) is 11.8 Å². The summed E-state index contributed by atoms with van der Waals surface area (Å²) in [6.45, 7) is 2.05. The number of carbonyl (C=O) groups is 1. The minimum absolute atomic E-state index is 0.150. The van der Waals surface area contributed by atoms with Crippen LogP contribution in [0, 0.1) is 6.92 Å². The minimum Gasteiger partial charge on any atom is -0.272 e. The number of nitrogens with zero attached hydrogens (tertiary/aromatic N) is 1. The summed E-state index contributed by atoms with van der Waals surface area (Å²) in [5, 5.41) is 4.95. The number of thioether (sulfide) groups is 1. The first-order valence-corrected chi connectivity index (χ1v) is 8.86. The number of amides is 1. The van der Waals surface area contributed by atoms with E-state index in [-0.39, 0.29) is 5.91 Å². The van der Waals surface area contributed by atoms with Crippen molar-refractivity contribution in [2.75, 3.05) is 5.75 Å². The summed E-state index contributed by atoms with van der Waals surface area (Å²) in [6, 6.07) is 13.4. The van der Waals surface area contributed by atoms with Gasteiger partial charge >= 0.3 is 0 Å². The number of hydrogen-bond donors (Lipinski definition) is 1. The van der Waals surface area contributed by atoms with E-state index < -0.39 is 0 Å². The minimum atomic E-state index is -0.150. The maximum absolute atomic E-state index is 11.7. The van der Waals surface area contributed by atoms with E-state index in [1.807, 2.05) is 0 Å². The lowest BCUT2D eigenvalue weighted by Crippen LogP contribution is -2.19. The Morgan fingerprint density at radius 2 is 1.96 bits per heavy atom. The second-order valence-corrected chi connectivity index (χ2v) is 6.77. The number of nitrogens with one attached hydrogen (secondary N) is 1. The summed E-state index contributed by atoms with van der Waals surface area (Å²) in [7, 11) is 0. The van der Waals surface area contributed by atoms with Gasteiger partial charge in [-0.25, -0.2) is 5.43 Å². The molecule has 0 aromatic heterocycles. The van der Waals surface area contributed by atoms with Gasteiger partial charge in [0.1, 0.15) is 0 Å². The zero-order chi connectivity index (χ0) is 16.7. The molecule has 2 aromatic carbocycles. The molecule has 0 spiro atoms. The molecule has 0 heterocycles. The van der Waals surface area contributed by atoms with Gasteiger partial charge in [-0.3, -0.25) is 4.79 Å². The summed E-state index contributed by atoms with van der Waals surface area (Å²) >= 11 is 13.4. The molecule has 0 fully saturated rings. The van der Waals surface area contributed by atoms with Crippen LogP contribution in [0.15, 0.2) is 47.6 Å². The van der Waals surface area contributed by atoms with E-state index in [0.29, 0.717) is 21.4 Å². The predicted molar refractivity (Wildman–Crippen MR) is 99.5 cm³/mol. The van der Waals surface area contributed by atoms with Crippen LogP contribution >= 0.6 is 35.0 Å². The van der Waals surface area contributed by atoms with E-state index in [2.05, 4.69) is 41.7 Å². The van der Waals surface area contributed by atoms with Gasteiger partial charge in [-0.1, -0.05) is 59.1 Å². The number of hydrogen-bond acceptors (Lipinski definition) is 3. The van der Waals surface area contributed by atoms with E-state index in [4.69, 9.17) is 23.2 Å². The molecule has 3 nitrogen and oxygen atoms in total. The Morgan fingerprint density at radius 3 is 2.65 bits per heavy atom. The lowest BCUT2D eigenvalue weighted by Gasteiger charge is -2.02. The Labute approximate surface area is 150 Å². The van der Waals surface area contributed by atoms with Crippen LogP contribution < -0.4 is 5.43 Å². The summed E-state index contributed by atoms with van der Waals surface area (Å²) in [5.41, 5.74) is 5.61. The van der Waals surface area contributed by atoms with Crippen LogP contribution in [0.4, 0.5) is 0 Å². The third kappa shape index (κ3) is 6.26. The number of benzene rings is 2. The van der Waals surface area contributed by atoms with Crippen LogP contribution in [0.3, 0.4) is 0 Å². The molecule has 120 valence electrons. The van der Waals surface area contributed by atoms with Crippen LogP contribution in [0.1, 0.15) is 16.7 Å². The standard InChI is InChI=1S/C17H16Cl2N2OS/c1-12-2-4-13(5-3-12)10-23-11-17(22)21-20-9-14-6-7-15(18)8-16(14)19/h2-9H,10-11H2,1H3,(H,21,22)/b20-9-. The Kier molecular flexibility index (Phi) is 6.96. The van der Waals surface area contributed by atoms with Crippen molar-refractivity contribution >= 4 is 47.1 Å². The molecular formula is C17H16Cl2N2OS. The zero-order valence-electron chi connectivity index (χ0n) is 12.6. The van der Waals surface area contributed by atoms with Crippen molar-refractivity contribution < 1.29 is 4.79 Å². The monoisotopic (exact) mass is 366 g/mol. The first-order chi connectivity index (χ1) is 11.0. The highest BCUT2D eigenvalue weighted by atomic mass is 35.5. The fourth-order valence-electron chi connectivity index (χ4n) is 1.76. The molecule has 2 aromatic rings. The molecule has 0 radical (unpaired) electrons. The largest absolute Gasteiger partial charge is 0.272 e. The van der Waals surface area contributed by atoms with Crippen molar-refractivity contribution in [2.45, 2.75) is 12.7 Å². The fourth-order valence-corrected chi connectivity index (χ4v) is 3.00. The molecule has 0 saturated carbocycles. The SMILES string of the molecule is Cc1ccc(CSCC(=O)N/N=C\c2ccc(Cl)cc2Cl)cc1. The van der Waals surface area contributed by atoms with Crippen LogP contribution in [-0.2, 0) is 10.5 Å². The molecule has 1 N–H and O–H groups in total. The fraction of sp³-hybridized carbons (Fsp3) is 0.176. The van der Waals surface area contributed by atoms with Gasteiger partial charge in [0, 0.05) is 16.3 Å². The molecular weight excluding hydrogens is 351 g/mol. The van der Waals surface area contributed by atoms with Gasteiger partial charge in [0.15, 0.2) is 0 Å². The van der Waals surface area contributed by atoms with Crippen LogP contribution in [0.5, 0.6) is 0 Å². The highest BCUT2D eigenvalue weighted by Crippen LogP contribution is 2.19. The van der Waals surface area contributed by atoms with E-state index in [9.17, 15) is 4.79 Å². The zero-order valence-corrected chi connectivity index (χ0v) is 14.9. The molecule has 6 heteroatoms. The molecule has 1 amide bonds. The van der Waals surface area contributed by atoms with Crippen LogP contribution in [0.25, 0.3) is 0 Å². The molecule has 23 heavy (non-hydrogen) atoms. The molecule has 0 bridgehead atoms. The van der Waals surface area contributed by atoms with Crippen LogP contribution in [0.2, 0.25) is 10.0 Å². The van der Waals surface area contributed by atoms with E-state index in [1.54, 1.807) is 30.0 Å². The van der Waals surface area contributed by atoms with Gasteiger partial charge in [0.2, 0.25) is 5.91 Å². The normalized spacial score (nSPS) is 10.9. The molecule has 0 aliphatic carbocycles. The summed E-state index contributed by atoms with van der Waals surface area (Å²) in [4.78, 5) is 11.7. The van der Waals surface area contributed by atoms with Crippen molar-refractivity contribution in [1.82, 2.24) is 5.43 Å². The molecule has 0 saturated heterocycles. The third-order valence-electron chi connectivity index (χ3n) is 2.98. The van der Waals surface area contributed by atoms with Gasteiger partial charge in [-0.05, 0) is 24.6 Å². The first kappa shape index (κ1) is 17.9. The maximum atomic E-state index is 11.7. The number of carbonyl (C=O) groups excluding carboxylic acids is 1. The molecule has 0 aliphatic heterocycles. The molecule has 0 atom stereocenters. The molecule has 0 aliphatic rings. The average Bonchev–Trinajstić information content (AvgIpc) is 2.51. The number of hydrazone groups is 1. The Bertz CT molecular complexity index is 702. The summed E-state index contributed by atoms with van der Waals surface area (Å²) in [5.74, 6) is 0.989. The van der Waals surface area contributed by atoms with Crippen molar-refractivity contribution in [2.24, 2.45) is 5.10 Å². The quantitative estimate of drug-likeness (QED) is 0.595. The topological polar surface area (TPSA) is 41.5 Å². The summed E-state index contributed by atoms with van der Waals surface area (Å²) in [6.07, 6.45) is 1.50.